The Bertz CT molecular complexity index is 308. The topological polar surface area (TPSA) is 38.5 Å². The molecule has 84 valence electrons. The van der Waals surface area contributed by atoms with Crippen molar-refractivity contribution in [2.75, 3.05) is 25.1 Å². The number of nitrogens with zero attached hydrogens (tertiary/aromatic N) is 2. The van der Waals surface area contributed by atoms with Crippen molar-refractivity contribution in [2.45, 2.75) is 24.8 Å². The molecule has 0 aromatic carbocycles. The molecule has 1 aliphatic rings. The summed E-state index contributed by atoms with van der Waals surface area (Å²) in [6.07, 6.45) is 4.04. The molecule has 0 unspecified atom stereocenters. The van der Waals surface area contributed by atoms with Crippen molar-refractivity contribution in [3.63, 3.8) is 0 Å². The third kappa shape index (κ3) is 2.44. The molecule has 5 heteroatoms. The van der Waals surface area contributed by atoms with Gasteiger partial charge in [-0.25, -0.2) is 0 Å². The molecule has 4 nitrogen and oxygen atoms in total. The van der Waals surface area contributed by atoms with Crippen molar-refractivity contribution in [1.29, 1.82) is 0 Å². The van der Waals surface area contributed by atoms with Crippen LogP contribution in [0.5, 0.6) is 0 Å². The molecule has 0 bridgehead atoms. The first-order chi connectivity index (χ1) is 7.33. The number of aromatic nitrogens is 1. The van der Waals surface area contributed by atoms with E-state index in [-0.39, 0.29) is 0 Å². The Kier molecular flexibility index (Phi) is 3.49. The lowest BCUT2D eigenvalue weighted by Crippen LogP contribution is -2.36. The van der Waals surface area contributed by atoms with Gasteiger partial charge in [0.15, 0.2) is 0 Å². The summed E-state index contributed by atoms with van der Waals surface area (Å²) in [5, 5.41) is 0. The zero-order chi connectivity index (χ0) is 10.7. The monoisotopic (exact) mass is 230 g/mol. The van der Waals surface area contributed by atoms with E-state index in [1.807, 2.05) is 0 Å². The van der Waals surface area contributed by atoms with E-state index in [9.17, 15) is 0 Å². The number of rotatable bonds is 3. The van der Waals surface area contributed by atoms with E-state index in [1.54, 1.807) is 13.4 Å². The normalized spacial score (nSPS) is 18.4. The fourth-order valence-electron chi connectivity index (χ4n) is 1.79. The van der Waals surface area contributed by atoms with Gasteiger partial charge in [-0.05, 0) is 12.8 Å². The van der Waals surface area contributed by atoms with Crippen LogP contribution in [0.2, 0.25) is 0 Å². The van der Waals surface area contributed by atoms with E-state index in [1.165, 1.54) is 0 Å². The highest BCUT2D eigenvalue weighted by Crippen LogP contribution is 2.20. The third-order valence-electron chi connectivity index (χ3n) is 2.72. The first-order valence-electron chi connectivity index (χ1n) is 5.11. The molecule has 1 aromatic rings. The van der Waals surface area contributed by atoms with Crippen LogP contribution in [0.1, 0.15) is 18.5 Å². The van der Waals surface area contributed by atoms with Crippen molar-refractivity contribution < 1.29 is 9.15 Å². The van der Waals surface area contributed by atoms with Crippen molar-refractivity contribution in [3.05, 3.63) is 12.0 Å². The van der Waals surface area contributed by atoms with Gasteiger partial charge in [0, 0.05) is 20.2 Å². The summed E-state index contributed by atoms with van der Waals surface area (Å²) in [4.78, 5) is 6.42. The van der Waals surface area contributed by atoms with E-state index < -0.39 is 0 Å². The van der Waals surface area contributed by atoms with Gasteiger partial charge < -0.3 is 14.1 Å². The van der Waals surface area contributed by atoms with Crippen LogP contribution >= 0.6 is 11.6 Å². The molecule has 1 fully saturated rings. The number of methoxy groups -OCH3 is 1. The average Bonchev–Trinajstić information content (AvgIpc) is 2.78. The van der Waals surface area contributed by atoms with Gasteiger partial charge in [0.25, 0.3) is 6.01 Å². The van der Waals surface area contributed by atoms with Gasteiger partial charge >= 0.3 is 0 Å². The number of hydrogen-bond donors (Lipinski definition) is 0. The Morgan fingerprint density at radius 1 is 1.60 bits per heavy atom. The van der Waals surface area contributed by atoms with Crippen LogP contribution in [0.3, 0.4) is 0 Å². The minimum Gasteiger partial charge on any atom is -0.432 e. The summed E-state index contributed by atoms with van der Waals surface area (Å²) in [6.45, 7) is 1.86. The largest absolute Gasteiger partial charge is 0.432 e. The molecular formula is C10H15ClN2O2. The highest BCUT2D eigenvalue weighted by molar-refractivity contribution is 6.16. The summed E-state index contributed by atoms with van der Waals surface area (Å²) in [5.74, 6) is 0.401. The summed E-state index contributed by atoms with van der Waals surface area (Å²) < 4.78 is 10.7. The van der Waals surface area contributed by atoms with Crippen molar-refractivity contribution >= 4 is 17.6 Å². The van der Waals surface area contributed by atoms with Crippen LogP contribution in [0.15, 0.2) is 10.7 Å². The maximum Gasteiger partial charge on any atom is 0.297 e. The molecule has 0 saturated carbocycles. The van der Waals surface area contributed by atoms with Gasteiger partial charge in [0.05, 0.1) is 17.7 Å². The lowest BCUT2D eigenvalue weighted by atomic mass is 10.1. The summed E-state index contributed by atoms with van der Waals surface area (Å²) >= 11 is 5.66. The second-order valence-corrected chi connectivity index (χ2v) is 3.94. The van der Waals surface area contributed by atoms with Crippen LogP contribution in [0.25, 0.3) is 0 Å². The van der Waals surface area contributed by atoms with Gasteiger partial charge in [-0.1, -0.05) is 0 Å². The van der Waals surface area contributed by atoms with E-state index in [4.69, 9.17) is 20.8 Å². The van der Waals surface area contributed by atoms with Gasteiger partial charge in [0.2, 0.25) is 0 Å². The molecule has 0 N–H and O–H groups in total. The Morgan fingerprint density at radius 2 is 2.33 bits per heavy atom. The molecule has 0 radical (unpaired) electrons. The zero-order valence-corrected chi connectivity index (χ0v) is 9.54. The summed E-state index contributed by atoms with van der Waals surface area (Å²) in [7, 11) is 1.76. The fraction of sp³-hybridized carbons (Fsp3) is 0.700. The molecule has 1 saturated heterocycles. The van der Waals surface area contributed by atoms with E-state index in [2.05, 4.69) is 9.88 Å². The van der Waals surface area contributed by atoms with Crippen LogP contribution < -0.4 is 4.90 Å². The van der Waals surface area contributed by atoms with E-state index in [0.717, 1.165) is 31.6 Å². The van der Waals surface area contributed by atoms with Crippen molar-refractivity contribution in [2.24, 2.45) is 0 Å². The molecule has 15 heavy (non-hydrogen) atoms. The lowest BCUT2D eigenvalue weighted by Gasteiger charge is -2.29. The van der Waals surface area contributed by atoms with Gasteiger partial charge in [-0.2, -0.15) is 4.98 Å². The molecule has 1 aliphatic heterocycles. The minimum atomic E-state index is 0.378. The number of ether oxygens (including phenoxy) is 1. The molecule has 2 heterocycles. The molecular weight excluding hydrogens is 216 g/mol. The number of oxazole rings is 1. The van der Waals surface area contributed by atoms with E-state index in [0.29, 0.717) is 18.0 Å². The van der Waals surface area contributed by atoms with Gasteiger partial charge in [-0.3, -0.25) is 0 Å². The number of piperidine rings is 1. The predicted molar refractivity (Wildman–Crippen MR) is 58.3 cm³/mol. The Morgan fingerprint density at radius 3 is 2.87 bits per heavy atom. The maximum atomic E-state index is 5.66. The Labute approximate surface area is 94.2 Å². The Hall–Kier alpha value is -0.740. The second-order valence-electron chi connectivity index (χ2n) is 3.68. The van der Waals surface area contributed by atoms with Crippen LogP contribution in [-0.2, 0) is 10.6 Å². The predicted octanol–water partition coefficient (Wildman–Crippen LogP) is 2.03. The van der Waals surface area contributed by atoms with Crippen LogP contribution in [0, 0.1) is 0 Å². The maximum absolute atomic E-state index is 5.66. The summed E-state index contributed by atoms with van der Waals surface area (Å²) in [6, 6.07) is 0.681. The number of hydrogen-bond acceptors (Lipinski definition) is 4. The number of alkyl halides is 1. The standard InChI is InChI=1S/C10H15ClN2O2/c1-14-9-2-4-13(5-3-9)10-12-8(6-11)7-15-10/h7,9H,2-6H2,1H3. The fourth-order valence-corrected chi connectivity index (χ4v) is 1.91. The Balaban J connectivity index is 1.95. The highest BCUT2D eigenvalue weighted by Gasteiger charge is 2.21. The number of anilines is 1. The van der Waals surface area contributed by atoms with Crippen molar-refractivity contribution in [1.82, 2.24) is 4.98 Å². The van der Waals surface area contributed by atoms with Crippen molar-refractivity contribution in [3.8, 4) is 0 Å². The molecule has 0 amide bonds. The van der Waals surface area contributed by atoms with Crippen LogP contribution in [0.4, 0.5) is 6.01 Å². The van der Waals surface area contributed by atoms with Crippen LogP contribution in [-0.4, -0.2) is 31.3 Å². The molecule has 0 atom stereocenters. The molecule has 0 spiro atoms. The SMILES string of the molecule is COC1CCN(c2nc(CCl)co2)CC1. The first-order valence-corrected chi connectivity index (χ1v) is 5.65. The molecule has 0 aliphatic carbocycles. The molecule has 2 rings (SSSR count). The third-order valence-corrected chi connectivity index (χ3v) is 3.00. The molecule has 1 aromatic heterocycles. The van der Waals surface area contributed by atoms with E-state index >= 15 is 0 Å². The number of halogens is 1. The highest BCUT2D eigenvalue weighted by atomic mass is 35.5. The minimum absolute atomic E-state index is 0.378. The van der Waals surface area contributed by atoms with Gasteiger partial charge in [0.1, 0.15) is 6.26 Å². The smallest absolute Gasteiger partial charge is 0.297 e. The van der Waals surface area contributed by atoms with Gasteiger partial charge in [-0.15, -0.1) is 11.6 Å². The lowest BCUT2D eigenvalue weighted by molar-refractivity contribution is 0.0811. The second kappa shape index (κ2) is 4.86. The summed E-state index contributed by atoms with van der Waals surface area (Å²) in [5.41, 5.74) is 0.792. The average molecular weight is 231 g/mol. The quantitative estimate of drug-likeness (QED) is 0.745. The first kappa shape index (κ1) is 10.8. The zero-order valence-electron chi connectivity index (χ0n) is 8.78.